The Kier molecular flexibility index (Phi) is 21.0. The molecule has 4 fully saturated rings. The zero-order valence-corrected chi connectivity index (χ0v) is 45.6. The van der Waals surface area contributed by atoms with Crippen LogP contribution in [0.25, 0.3) is 17.3 Å². The first kappa shape index (κ1) is 62.1. The zero-order chi connectivity index (χ0) is 59.4. The number of ether oxygens (including phenoxy) is 2. The molecule has 3 aromatic carbocycles. The van der Waals surface area contributed by atoms with E-state index in [0.29, 0.717) is 66.7 Å². The normalized spacial score (nSPS) is 24.5. The van der Waals surface area contributed by atoms with Gasteiger partial charge in [-0.3, -0.25) is 24.0 Å². The average molecular weight is 1180 g/mol. The SMILES string of the molecule is O=C(O)C[C@H]1CCC(=O)[C@H]1C/C=C\CCO[C@@H]1O[C@H](Cn2cc(-c3cc(C(F)(F)F)c(/C=C/C(=O)NCCNC(=O)CCCC[C@@H]4SCC5NC(=O)NC54)c(C(F)(F)F)c3)nn2)[C@@H](O)[C@H](O)[C@H]1NCc1ccc(C(=O)c2ccccc2)cc1. The van der Waals surface area contributed by atoms with Gasteiger partial charge in [0.05, 0.1) is 48.6 Å². The topological polar surface area (TPSA) is 272 Å². The number of aliphatic carboxylic acids is 1. The highest BCUT2D eigenvalue weighted by Crippen LogP contribution is 2.43. The number of carbonyl (C=O) groups excluding carboxylic acids is 5. The van der Waals surface area contributed by atoms with Crippen molar-refractivity contribution in [3.05, 3.63) is 125 Å². The van der Waals surface area contributed by atoms with Crippen LogP contribution in [0, 0.1) is 11.8 Å². The van der Waals surface area contributed by atoms with Crippen molar-refractivity contribution < 1.29 is 79.9 Å². The van der Waals surface area contributed by atoms with Crippen molar-refractivity contribution >= 4 is 53.2 Å². The van der Waals surface area contributed by atoms with Gasteiger partial charge in [0, 0.05) is 78.6 Å². The molecule has 26 heteroatoms. The second-order valence-electron chi connectivity index (χ2n) is 20.8. The standard InChI is InChI=1S/C57H64F6N8O11S/c58-56(59,60)39-25-36(26-40(57(61,62)63)38(39)19-21-47(74)65-23-22-64-46(73)13-7-6-12-45-49-42(31-83-45)67-55(80)68-49)41-29-71(70-69-41)30-44-52(78)53(79)50(66-28-32-14-16-34(17-15-32)51(77)33-9-3-1-4-10-33)54(82-44)81-24-8-2-5-11-37-35(27-48(75)76)18-20-43(37)72/h1-5,9-10,14-17,19,21,25-26,29,35,37,42,44-45,49-50,52-54,66,78-79H,6-8,11-13,18,20,22-24,27-28,30-31H2,(H,64,73)(H,65,74)(H,75,76)(H2,67,68,80)/b5-2-,21-19+/t35-,37+,42?,44-,45+,49?,50-,52-,53-,54-/m1/s1. The Morgan fingerprint density at radius 3 is 2.31 bits per heavy atom. The van der Waals surface area contributed by atoms with Gasteiger partial charge in [0.25, 0.3) is 0 Å². The van der Waals surface area contributed by atoms with Crippen LogP contribution in [0.5, 0.6) is 0 Å². The number of aromatic nitrogens is 3. The highest BCUT2D eigenvalue weighted by atomic mass is 32.2. The van der Waals surface area contributed by atoms with Gasteiger partial charge in [-0.1, -0.05) is 78.4 Å². The van der Waals surface area contributed by atoms with Crippen LogP contribution in [0.1, 0.15) is 96.0 Å². The molecule has 10 atom stereocenters. The van der Waals surface area contributed by atoms with Gasteiger partial charge < -0.3 is 51.4 Å². The van der Waals surface area contributed by atoms with Crippen LogP contribution in [0.3, 0.4) is 0 Å². The van der Waals surface area contributed by atoms with Gasteiger partial charge in [0.1, 0.15) is 29.8 Å². The van der Waals surface area contributed by atoms with Gasteiger partial charge >= 0.3 is 24.4 Å². The third-order valence-corrected chi connectivity index (χ3v) is 16.5. The predicted molar refractivity (Wildman–Crippen MR) is 290 cm³/mol. The molecule has 8 N–H and O–H groups in total. The molecule has 1 saturated carbocycles. The number of Topliss-reactive ketones (excluding diaryl/α,β-unsaturated/α-hetero) is 1. The average Bonchev–Trinajstić information content (AvgIpc) is 3.91. The van der Waals surface area contributed by atoms with Crippen molar-refractivity contribution in [3.8, 4) is 11.3 Å². The number of amides is 4. The van der Waals surface area contributed by atoms with E-state index in [0.717, 1.165) is 29.5 Å². The second kappa shape index (κ2) is 28.1. The van der Waals surface area contributed by atoms with Crippen molar-refractivity contribution in [2.75, 3.05) is 25.4 Å². The Balaban J connectivity index is 0.895. The number of carboxylic acid groups (broad SMARTS) is 1. The molecule has 3 saturated heterocycles. The van der Waals surface area contributed by atoms with Crippen LogP contribution in [0.4, 0.5) is 31.1 Å². The first-order chi connectivity index (χ1) is 39.6. The fourth-order valence-corrected chi connectivity index (χ4v) is 12.3. The number of aliphatic hydroxyl groups excluding tert-OH is 2. The molecule has 4 heterocycles. The predicted octanol–water partition coefficient (Wildman–Crippen LogP) is 6.21. The molecule has 0 bridgehead atoms. The zero-order valence-electron chi connectivity index (χ0n) is 44.7. The smallest absolute Gasteiger partial charge is 0.417 e. The van der Waals surface area contributed by atoms with E-state index in [1.54, 1.807) is 78.5 Å². The first-order valence-electron chi connectivity index (χ1n) is 27.2. The van der Waals surface area contributed by atoms with Gasteiger partial charge in [-0.25, -0.2) is 9.48 Å². The first-order valence-corrected chi connectivity index (χ1v) is 28.3. The van der Waals surface area contributed by atoms with Gasteiger partial charge in [0.2, 0.25) is 11.8 Å². The van der Waals surface area contributed by atoms with Crippen LogP contribution in [-0.4, -0.2) is 139 Å². The van der Waals surface area contributed by atoms with Crippen LogP contribution in [0.2, 0.25) is 0 Å². The quantitative estimate of drug-likeness (QED) is 0.00867. The minimum absolute atomic E-state index is 0.00690. The van der Waals surface area contributed by atoms with E-state index in [-0.39, 0.29) is 92.3 Å². The molecule has 3 aliphatic heterocycles. The number of unbranched alkanes of at least 4 members (excludes halogenated alkanes) is 1. The summed E-state index contributed by atoms with van der Waals surface area (Å²) in [5, 5.41) is 54.2. The third kappa shape index (κ3) is 16.6. The van der Waals surface area contributed by atoms with Crippen molar-refractivity contribution in [3.63, 3.8) is 0 Å². The van der Waals surface area contributed by atoms with Crippen molar-refractivity contribution in [1.29, 1.82) is 0 Å². The number of hydrogen-bond donors (Lipinski definition) is 8. The van der Waals surface area contributed by atoms with E-state index < -0.39 is 95.3 Å². The summed E-state index contributed by atoms with van der Waals surface area (Å²) in [4.78, 5) is 73.5. The molecular weight excluding hydrogens is 1120 g/mol. The summed E-state index contributed by atoms with van der Waals surface area (Å²) in [5.41, 5.74) is -4.29. The second-order valence-corrected chi connectivity index (χ2v) is 22.1. The van der Waals surface area contributed by atoms with Gasteiger partial charge in [-0.2, -0.15) is 38.1 Å². The Morgan fingerprint density at radius 2 is 1.60 bits per heavy atom. The molecule has 19 nitrogen and oxygen atoms in total. The van der Waals surface area contributed by atoms with E-state index >= 15 is 0 Å². The molecule has 4 amide bonds. The monoisotopic (exact) mass is 1180 g/mol. The fraction of sp³-hybridized carbons (Fsp3) is 0.474. The maximum Gasteiger partial charge on any atom is 0.417 e. The van der Waals surface area contributed by atoms with E-state index in [1.807, 2.05) is 0 Å². The number of urea groups is 1. The van der Waals surface area contributed by atoms with Crippen LogP contribution >= 0.6 is 11.8 Å². The maximum absolute atomic E-state index is 14.7. The Labute approximate surface area is 477 Å². The highest BCUT2D eigenvalue weighted by molar-refractivity contribution is 8.00. The van der Waals surface area contributed by atoms with Crippen LogP contribution in [-0.2, 0) is 54.1 Å². The number of rotatable bonds is 26. The number of benzene rings is 3. The molecule has 8 rings (SSSR count). The summed E-state index contributed by atoms with van der Waals surface area (Å²) < 4.78 is 101. The highest BCUT2D eigenvalue weighted by Gasteiger charge is 2.46. The molecule has 1 aliphatic carbocycles. The van der Waals surface area contributed by atoms with Crippen molar-refractivity contribution in [2.45, 2.75) is 131 Å². The Hall–Kier alpha value is -6.97. The summed E-state index contributed by atoms with van der Waals surface area (Å²) in [6.45, 7) is -0.589. The molecule has 4 aromatic rings. The lowest BCUT2D eigenvalue weighted by Crippen LogP contribution is -2.63. The largest absolute Gasteiger partial charge is 0.481 e. The van der Waals surface area contributed by atoms with E-state index in [9.17, 15) is 70.4 Å². The van der Waals surface area contributed by atoms with Gasteiger partial charge in [-0.15, -0.1) is 5.10 Å². The summed E-state index contributed by atoms with van der Waals surface area (Å²) in [5.74, 6) is -2.43. The lowest BCUT2D eigenvalue weighted by molar-refractivity contribution is -0.268. The number of hydrogen-bond acceptors (Lipinski definition) is 14. The minimum Gasteiger partial charge on any atom is -0.481 e. The number of carbonyl (C=O) groups is 6. The number of alkyl halides is 6. The van der Waals surface area contributed by atoms with Crippen molar-refractivity contribution in [1.82, 2.24) is 41.6 Å². The number of carboxylic acids is 1. The Bertz CT molecular complexity index is 2970. The molecule has 446 valence electrons. The summed E-state index contributed by atoms with van der Waals surface area (Å²) in [7, 11) is 0. The van der Waals surface area contributed by atoms with Gasteiger partial charge in [-0.05, 0) is 67.4 Å². The molecular formula is C57H64F6N8O11S. The minimum atomic E-state index is -5.37. The molecule has 0 radical (unpaired) electrons. The number of thioether (sulfide) groups is 1. The number of aliphatic hydroxyl groups is 2. The summed E-state index contributed by atoms with van der Waals surface area (Å²) >= 11 is 1.75. The Morgan fingerprint density at radius 1 is 0.892 bits per heavy atom. The van der Waals surface area contributed by atoms with E-state index in [1.165, 1.54) is 0 Å². The molecule has 4 aliphatic rings. The van der Waals surface area contributed by atoms with Gasteiger partial charge in [0.15, 0.2) is 12.1 Å². The third-order valence-electron chi connectivity index (χ3n) is 15.0. The molecule has 0 spiro atoms. The van der Waals surface area contributed by atoms with Crippen LogP contribution in [0.15, 0.2) is 91.2 Å². The number of ketones is 2. The number of halogens is 6. The fourth-order valence-electron chi connectivity index (χ4n) is 10.7. The maximum atomic E-state index is 14.7. The number of nitrogens with zero attached hydrogens (tertiary/aromatic N) is 3. The number of allylic oxidation sites excluding steroid dienone is 1. The number of nitrogens with one attached hydrogen (secondary N) is 5. The van der Waals surface area contributed by atoms with E-state index in [4.69, 9.17) is 9.47 Å². The summed E-state index contributed by atoms with van der Waals surface area (Å²) in [6.07, 6.45) is -7.59. The molecule has 1 aromatic heterocycles. The van der Waals surface area contributed by atoms with Crippen LogP contribution < -0.4 is 26.6 Å². The lowest BCUT2D eigenvalue weighted by atomic mass is 9.89. The summed E-state index contributed by atoms with van der Waals surface area (Å²) in [6, 6.07) is 15.1. The van der Waals surface area contributed by atoms with E-state index in [2.05, 4.69) is 36.9 Å². The van der Waals surface area contributed by atoms with Crippen molar-refractivity contribution in [2.24, 2.45) is 11.8 Å². The molecule has 2 unspecified atom stereocenters. The lowest BCUT2D eigenvalue weighted by Gasteiger charge is -2.43. The molecule has 83 heavy (non-hydrogen) atoms. The number of fused-ring (bicyclic) bond motifs is 1.